The van der Waals surface area contributed by atoms with Gasteiger partial charge >= 0.3 is 0 Å². The summed E-state index contributed by atoms with van der Waals surface area (Å²) in [5.41, 5.74) is 5.56. The molecule has 2 rings (SSSR count). The molecule has 0 atom stereocenters. The molecule has 2 heterocycles. The predicted octanol–water partition coefficient (Wildman–Crippen LogP) is 3.08. The van der Waals surface area contributed by atoms with E-state index in [1.165, 1.54) is 22.4 Å². The summed E-state index contributed by atoms with van der Waals surface area (Å²) in [6.07, 6.45) is 6.03. The maximum absolute atomic E-state index is 4.13. The van der Waals surface area contributed by atoms with E-state index < -0.39 is 0 Å². The fourth-order valence-electron chi connectivity index (χ4n) is 2.08. The van der Waals surface area contributed by atoms with Gasteiger partial charge in [0.1, 0.15) is 0 Å². The van der Waals surface area contributed by atoms with Crippen LogP contribution < -0.4 is 5.32 Å². The van der Waals surface area contributed by atoms with Gasteiger partial charge in [-0.25, -0.2) is 0 Å². The van der Waals surface area contributed by atoms with E-state index in [2.05, 4.69) is 30.2 Å². The SMILES string of the molecule is CCC1=C(CC)c2ccncc2NC1. The summed E-state index contributed by atoms with van der Waals surface area (Å²) in [7, 11) is 0. The number of nitrogens with zero attached hydrogens (tertiary/aromatic N) is 1. The Morgan fingerprint density at radius 3 is 2.93 bits per heavy atom. The molecule has 2 nitrogen and oxygen atoms in total. The maximum atomic E-state index is 4.13. The van der Waals surface area contributed by atoms with Crippen molar-refractivity contribution in [3.05, 3.63) is 29.6 Å². The molecule has 0 fully saturated rings. The number of fused-ring (bicyclic) bond motifs is 1. The van der Waals surface area contributed by atoms with E-state index in [4.69, 9.17) is 0 Å². The zero-order valence-corrected chi connectivity index (χ0v) is 8.80. The van der Waals surface area contributed by atoms with Gasteiger partial charge in [-0.3, -0.25) is 4.98 Å². The Hall–Kier alpha value is -1.31. The third-order valence-electron chi connectivity index (χ3n) is 2.85. The summed E-state index contributed by atoms with van der Waals surface area (Å²) in [5.74, 6) is 0. The number of pyridine rings is 1. The maximum Gasteiger partial charge on any atom is 0.0605 e. The van der Waals surface area contributed by atoms with E-state index in [9.17, 15) is 0 Å². The Morgan fingerprint density at radius 1 is 1.36 bits per heavy atom. The van der Waals surface area contributed by atoms with E-state index >= 15 is 0 Å². The van der Waals surface area contributed by atoms with Gasteiger partial charge in [0.25, 0.3) is 0 Å². The molecule has 74 valence electrons. The van der Waals surface area contributed by atoms with Gasteiger partial charge in [0.05, 0.1) is 11.9 Å². The van der Waals surface area contributed by atoms with Crippen LogP contribution in [-0.4, -0.2) is 11.5 Å². The zero-order valence-electron chi connectivity index (χ0n) is 8.80. The van der Waals surface area contributed by atoms with Crippen molar-refractivity contribution in [1.82, 2.24) is 4.98 Å². The summed E-state index contributed by atoms with van der Waals surface area (Å²) in [5, 5.41) is 3.41. The van der Waals surface area contributed by atoms with Gasteiger partial charge in [0, 0.05) is 18.3 Å². The molecule has 1 aliphatic rings. The Kier molecular flexibility index (Phi) is 2.53. The summed E-state index contributed by atoms with van der Waals surface area (Å²) in [6.45, 7) is 5.43. The van der Waals surface area contributed by atoms with Crippen LogP contribution in [0.2, 0.25) is 0 Å². The van der Waals surface area contributed by atoms with Crippen molar-refractivity contribution in [3.8, 4) is 0 Å². The lowest BCUT2D eigenvalue weighted by atomic mass is 9.93. The summed E-state index contributed by atoms with van der Waals surface area (Å²) in [4.78, 5) is 4.13. The minimum atomic E-state index is 0.984. The number of nitrogens with one attached hydrogen (secondary N) is 1. The van der Waals surface area contributed by atoms with E-state index in [0.29, 0.717) is 0 Å². The van der Waals surface area contributed by atoms with Crippen molar-refractivity contribution in [2.45, 2.75) is 26.7 Å². The van der Waals surface area contributed by atoms with E-state index in [1.807, 2.05) is 12.4 Å². The third kappa shape index (κ3) is 1.41. The molecule has 0 saturated carbocycles. The normalized spacial score (nSPS) is 15.0. The molecule has 0 spiro atoms. The van der Waals surface area contributed by atoms with Crippen molar-refractivity contribution in [2.24, 2.45) is 0 Å². The van der Waals surface area contributed by atoms with Crippen LogP contribution in [0.15, 0.2) is 24.0 Å². The van der Waals surface area contributed by atoms with Crippen molar-refractivity contribution in [2.75, 3.05) is 11.9 Å². The molecule has 0 radical (unpaired) electrons. The first-order valence-electron chi connectivity index (χ1n) is 5.26. The van der Waals surface area contributed by atoms with Gasteiger partial charge in [-0.2, -0.15) is 0 Å². The van der Waals surface area contributed by atoms with Gasteiger partial charge in [-0.15, -0.1) is 0 Å². The van der Waals surface area contributed by atoms with Crippen LogP contribution >= 0.6 is 0 Å². The van der Waals surface area contributed by atoms with Gasteiger partial charge in [-0.1, -0.05) is 13.8 Å². The second kappa shape index (κ2) is 3.82. The smallest absolute Gasteiger partial charge is 0.0605 e. The average Bonchev–Trinajstić information content (AvgIpc) is 2.27. The number of rotatable bonds is 2. The van der Waals surface area contributed by atoms with Gasteiger partial charge in [0.2, 0.25) is 0 Å². The predicted molar refractivity (Wildman–Crippen MR) is 60.2 cm³/mol. The molecule has 0 bridgehead atoms. The molecule has 1 N–H and O–H groups in total. The number of anilines is 1. The first kappa shape index (κ1) is 9.25. The highest BCUT2D eigenvalue weighted by Crippen LogP contribution is 2.33. The molecule has 0 aliphatic carbocycles. The third-order valence-corrected chi connectivity index (χ3v) is 2.85. The van der Waals surface area contributed by atoms with Crippen LogP contribution in [-0.2, 0) is 0 Å². The van der Waals surface area contributed by atoms with E-state index in [1.54, 1.807) is 0 Å². The molecule has 0 unspecified atom stereocenters. The second-order valence-corrected chi connectivity index (χ2v) is 3.56. The Morgan fingerprint density at radius 2 is 2.21 bits per heavy atom. The van der Waals surface area contributed by atoms with Gasteiger partial charge in [0.15, 0.2) is 0 Å². The van der Waals surface area contributed by atoms with Crippen LogP contribution in [0, 0.1) is 0 Å². The number of allylic oxidation sites excluding steroid dienone is 1. The summed E-state index contributed by atoms with van der Waals surface area (Å²) >= 11 is 0. The standard InChI is InChI=1S/C12H16N2/c1-3-9-7-14-12-8-13-6-5-11(12)10(9)4-2/h5-6,8,14H,3-4,7H2,1-2H3. The minimum Gasteiger partial charge on any atom is -0.380 e. The molecule has 14 heavy (non-hydrogen) atoms. The molecule has 0 aromatic carbocycles. The van der Waals surface area contributed by atoms with Crippen LogP contribution in [0.3, 0.4) is 0 Å². The molecular formula is C12H16N2. The lowest BCUT2D eigenvalue weighted by Gasteiger charge is -2.23. The second-order valence-electron chi connectivity index (χ2n) is 3.56. The first-order valence-corrected chi connectivity index (χ1v) is 5.26. The molecule has 1 aromatic rings. The fourth-order valence-corrected chi connectivity index (χ4v) is 2.08. The van der Waals surface area contributed by atoms with Crippen molar-refractivity contribution in [3.63, 3.8) is 0 Å². The lowest BCUT2D eigenvalue weighted by Crippen LogP contribution is -2.13. The molecule has 0 saturated heterocycles. The molecular weight excluding hydrogens is 172 g/mol. The zero-order chi connectivity index (χ0) is 9.97. The monoisotopic (exact) mass is 188 g/mol. The van der Waals surface area contributed by atoms with Crippen LogP contribution in [0.1, 0.15) is 32.3 Å². The average molecular weight is 188 g/mol. The van der Waals surface area contributed by atoms with E-state index in [-0.39, 0.29) is 0 Å². The number of hydrogen-bond acceptors (Lipinski definition) is 2. The minimum absolute atomic E-state index is 0.984. The Bertz CT molecular complexity index is 366. The number of hydrogen-bond donors (Lipinski definition) is 1. The van der Waals surface area contributed by atoms with Crippen molar-refractivity contribution >= 4 is 11.3 Å². The summed E-state index contributed by atoms with van der Waals surface area (Å²) in [6, 6.07) is 2.11. The molecule has 1 aromatic heterocycles. The molecule has 1 aliphatic heterocycles. The van der Waals surface area contributed by atoms with Crippen LogP contribution in [0.5, 0.6) is 0 Å². The first-order chi connectivity index (χ1) is 6.86. The summed E-state index contributed by atoms with van der Waals surface area (Å²) < 4.78 is 0. The van der Waals surface area contributed by atoms with Gasteiger partial charge in [-0.05, 0) is 30.1 Å². The van der Waals surface area contributed by atoms with Crippen LogP contribution in [0.25, 0.3) is 5.57 Å². The Balaban J connectivity index is 2.52. The highest BCUT2D eigenvalue weighted by molar-refractivity contribution is 5.80. The lowest BCUT2D eigenvalue weighted by molar-refractivity contribution is 1.00. The van der Waals surface area contributed by atoms with Crippen LogP contribution in [0.4, 0.5) is 5.69 Å². The largest absolute Gasteiger partial charge is 0.380 e. The molecule has 2 heteroatoms. The Labute approximate surface area is 85.1 Å². The van der Waals surface area contributed by atoms with Crippen molar-refractivity contribution < 1.29 is 0 Å². The highest BCUT2D eigenvalue weighted by atomic mass is 14.9. The van der Waals surface area contributed by atoms with Crippen molar-refractivity contribution in [1.29, 1.82) is 0 Å². The number of aromatic nitrogens is 1. The highest BCUT2D eigenvalue weighted by Gasteiger charge is 2.15. The quantitative estimate of drug-likeness (QED) is 0.771. The van der Waals surface area contributed by atoms with Gasteiger partial charge < -0.3 is 5.32 Å². The topological polar surface area (TPSA) is 24.9 Å². The van der Waals surface area contributed by atoms with E-state index in [0.717, 1.165) is 19.4 Å². The molecule has 0 amide bonds. The fraction of sp³-hybridized carbons (Fsp3) is 0.417.